The number of rotatable bonds is 5. The number of anilines is 4. The third-order valence-electron chi connectivity index (χ3n) is 3.68. The van der Waals surface area contributed by atoms with Crippen LogP contribution in [0.1, 0.15) is 17.3 Å². The van der Waals surface area contributed by atoms with Crippen LogP contribution in [0.2, 0.25) is 5.02 Å². The van der Waals surface area contributed by atoms with Crippen LogP contribution >= 0.6 is 11.6 Å². The van der Waals surface area contributed by atoms with Gasteiger partial charge in [0.05, 0.1) is 5.02 Å². The number of hydrogen-bond acceptors (Lipinski definition) is 4. The van der Waals surface area contributed by atoms with Gasteiger partial charge in [-0.15, -0.1) is 0 Å². The lowest BCUT2D eigenvalue weighted by Crippen LogP contribution is -2.12. The quantitative estimate of drug-likeness (QED) is 0.575. The smallest absolute Gasteiger partial charge is 0.255 e. The SMILES string of the molecule is CC(=O)Nc1ccc(NC(=O)c2ccnc(Nc3ccc(F)c(Cl)c3)c2)cc1. The summed E-state index contributed by atoms with van der Waals surface area (Å²) in [6, 6.07) is 14.1. The molecule has 2 amide bonds. The fraction of sp³-hybridized carbons (Fsp3) is 0.0500. The average Bonchev–Trinajstić information content (AvgIpc) is 2.66. The second-order valence-corrected chi connectivity index (χ2v) is 6.30. The van der Waals surface area contributed by atoms with Gasteiger partial charge in [0.1, 0.15) is 11.6 Å². The number of carbonyl (C=O) groups is 2. The van der Waals surface area contributed by atoms with Gasteiger partial charge in [0.25, 0.3) is 5.91 Å². The van der Waals surface area contributed by atoms with Crippen molar-refractivity contribution in [3.63, 3.8) is 0 Å². The third-order valence-corrected chi connectivity index (χ3v) is 3.97. The van der Waals surface area contributed by atoms with Crippen LogP contribution in [0.15, 0.2) is 60.8 Å². The van der Waals surface area contributed by atoms with Gasteiger partial charge in [-0.1, -0.05) is 11.6 Å². The molecule has 0 fully saturated rings. The van der Waals surface area contributed by atoms with Crippen LogP contribution in [0.4, 0.5) is 27.3 Å². The standard InChI is InChI=1S/C20H16ClFN4O2/c1-12(27)24-14-2-4-15(5-3-14)26-20(28)13-8-9-23-19(10-13)25-16-6-7-18(22)17(21)11-16/h2-11H,1H3,(H,23,25)(H,24,27)(H,26,28). The van der Waals surface area contributed by atoms with Crippen LogP contribution in [-0.4, -0.2) is 16.8 Å². The van der Waals surface area contributed by atoms with Gasteiger partial charge in [-0.05, 0) is 54.6 Å². The van der Waals surface area contributed by atoms with E-state index in [4.69, 9.17) is 11.6 Å². The highest BCUT2D eigenvalue weighted by Crippen LogP contribution is 2.22. The summed E-state index contributed by atoms with van der Waals surface area (Å²) in [5.74, 6) is -0.597. The second kappa shape index (κ2) is 8.49. The van der Waals surface area contributed by atoms with E-state index in [1.165, 1.54) is 31.3 Å². The molecule has 0 aliphatic rings. The number of amides is 2. The molecule has 0 bridgehead atoms. The number of aromatic nitrogens is 1. The summed E-state index contributed by atoms with van der Waals surface area (Å²) in [6.07, 6.45) is 1.49. The Kier molecular flexibility index (Phi) is 5.86. The molecule has 0 aliphatic heterocycles. The lowest BCUT2D eigenvalue weighted by molar-refractivity contribution is -0.114. The van der Waals surface area contributed by atoms with Gasteiger partial charge in [0.2, 0.25) is 5.91 Å². The number of pyridine rings is 1. The van der Waals surface area contributed by atoms with Gasteiger partial charge in [-0.25, -0.2) is 9.37 Å². The highest BCUT2D eigenvalue weighted by atomic mass is 35.5. The van der Waals surface area contributed by atoms with E-state index in [-0.39, 0.29) is 16.8 Å². The molecule has 6 nitrogen and oxygen atoms in total. The number of halogens is 2. The summed E-state index contributed by atoms with van der Waals surface area (Å²) in [4.78, 5) is 27.7. The van der Waals surface area contributed by atoms with Crippen molar-refractivity contribution in [1.82, 2.24) is 4.98 Å². The molecule has 0 radical (unpaired) electrons. The van der Waals surface area contributed by atoms with Crippen molar-refractivity contribution >= 4 is 46.3 Å². The summed E-state index contributed by atoms with van der Waals surface area (Å²) in [7, 11) is 0. The fourth-order valence-electron chi connectivity index (χ4n) is 2.41. The normalized spacial score (nSPS) is 10.2. The second-order valence-electron chi connectivity index (χ2n) is 5.90. The zero-order valence-corrected chi connectivity index (χ0v) is 15.5. The van der Waals surface area contributed by atoms with Crippen LogP contribution in [-0.2, 0) is 4.79 Å². The molecule has 3 aromatic rings. The first-order valence-corrected chi connectivity index (χ1v) is 8.65. The average molecular weight is 399 g/mol. The first-order valence-electron chi connectivity index (χ1n) is 8.28. The van der Waals surface area contributed by atoms with Crippen molar-refractivity contribution in [2.24, 2.45) is 0 Å². The number of hydrogen-bond donors (Lipinski definition) is 3. The number of nitrogens with one attached hydrogen (secondary N) is 3. The van der Waals surface area contributed by atoms with E-state index in [1.54, 1.807) is 36.4 Å². The molecule has 3 N–H and O–H groups in total. The number of benzene rings is 2. The first-order chi connectivity index (χ1) is 13.4. The predicted molar refractivity (Wildman–Crippen MR) is 108 cm³/mol. The summed E-state index contributed by atoms with van der Waals surface area (Å²) in [5.41, 5.74) is 2.15. The molecule has 0 saturated heterocycles. The topological polar surface area (TPSA) is 83.1 Å². The molecule has 0 saturated carbocycles. The van der Waals surface area contributed by atoms with Crippen molar-refractivity contribution in [1.29, 1.82) is 0 Å². The van der Waals surface area contributed by atoms with Crippen LogP contribution in [0, 0.1) is 5.82 Å². The molecule has 0 aliphatic carbocycles. The molecule has 0 atom stereocenters. The number of nitrogens with zero attached hydrogens (tertiary/aromatic N) is 1. The van der Waals surface area contributed by atoms with Crippen molar-refractivity contribution in [2.75, 3.05) is 16.0 Å². The molecule has 1 aromatic heterocycles. The van der Waals surface area contributed by atoms with Gasteiger partial charge >= 0.3 is 0 Å². The third kappa shape index (κ3) is 5.05. The molecule has 1 heterocycles. The lowest BCUT2D eigenvalue weighted by Gasteiger charge is -2.09. The Bertz CT molecular complexity index is 1020. The highest BCUT2D eigenvalue weighted by molar-refractivity contribution is 6.31. The van der Waals surface area contributed by atoms with Crippen LogP contribution < -0.4 is 16.0 Å². The van der Waals surface area contributed by atoms with E-state index >= 15 is 0 Å². The van der Waals surface area contributed by atoms with E-state index in [1.807, 2.05) is 0 Å². The van der Waals surface area contributed by atoms with Crippen molar-refractivity contribution < 1.29 is 14.0 Å². The Labute approximate surface area is 165 Å². The summed E-state index contributed by atoms with van der Waals surface area (Å²) < 4.78 is 13.3. The van der Waals surface area contributed by atoms with E-state index in [9.17, 15) is 14.0 Å². The zero-order chi connectivity index (χ0) is 20.1. The van der Waals surface area contributed by atoms with E-state index in [0.717, 1.165) is 0 Å². The molecule has 0 unspecified atom stereocenters. The number of carbonyl (C=O) groups excluding carboxylic acids is 2. The maximum absolute atomic E-state index is 13.3. The molecule has 142 valence electrons. The van der Waals surface area contributed by atoms with Crippen molar-refractivity contribution in [2.45, 2.75) is 6.92 Å². The predicted octanol–water partition coefficient (Wildman–Crippen LogP) is 4.83. The van der Waals surface area contributed by atoms with E-state index < -0.39 is 5.82 Å². The van der Waals surface area contributed by atoms with Gasteiger partial charge < -0.3 is 16.0 Å². The Morgan fingerprint density at radius 2 is 1.57 bits per heavy atom. The minimum Gasteiger partial charge on any atom is -0.340 e. The Hall–Kier alpha value is -3.45. The molecular weight excluding hydrogens is 383 g/mol. The largest absolute Gasteiger partial charge is 0.340 e. The Morgan fingerprint density at radius 3 is 2.21 bits per heavy atom. The lowest BCUT2D eigenvalue weighted by atomic mass is 10.2. The van der Waals surface area contributed by atoms with Gasteiger partial charge in [0.15, 0.2) is 0 Å². The molecule has 0 spiro atoms. The minimum absolute atomic E-state index is 0.0124. The van der Waals surface area contributed by atoms with E-state index in [2.05, 4.69) is 20.9 Å². The summed E-state index contributed by atoms with van der Waals surface area (Å²) in [6.45, 7) is 1.42. The minimum atomic E-state index is -0.516. The van der Waals surface area contributed by atoms with Crippen LogP contribution in [0.25, 0.3) is 0 Å². The van der Waals surface area contributed by atoms with Crippen LogP contribution in [0.3, 0.4) is 0 Å². The molecule has 3 rings (SSSR count). The first kappa shape index (κ1) is 19.3. The van der Waals surface area contributed by atoms with Crippen molar-refractivity contribution in [3.8, 4) is 0 Å². The van der Waals surface area contributed by atoms with E-state index in [0.29, 0.717) is 28.4 Å². The molecule has 8 heteroatoms. The highest BCUT2D eigenvalue weighted by Gasteiger charge is 2.09. The van der Waals surface area contributed by atoms with Gasteiger partial charge in [-0.2, -0.15) is 0 Å². The van der Waals surface area contributed by atoms with Gasteiger partial charge in [-0.3, -0.25) is 9.59 Å². The molecule has 2 aromatic carbocycles. The Morgan fingerprint density at radius 1 is 0.929 bits per heavy atom. The maximum Gasteiger partial charge on any atom is 0.255 e. The Balaban J connectivity index is 1.69. The van der Waals surface area contributed by atoms with Gasteiger partial charge in [0, 0.05) is 35.7 Å². The molecule has 28 heavy (non-hydrogen) atoms. The summed E-state index contributed by atoms with van der Waals surface area (Å²) in [5, 5.41) is 8.38. The fourth-order valence-corrected chi connectivity index (χ4v) is 2.59. The monoisotopic (exact) mass is 398 g/mol. The summed E-state index contributed by atoms with van der Waals surface area (Å²) >= 11 is 5.77. The molecular formula is C20H16ClFN4O2. The maximum atomic E-state index is 13.3. The van der Waals surface area contributed by atoms with Crippen molar-refractivity contribution in [3.05, 3.63) is 77.2 Å². The van der Waals surface area contributed by atoms with Crippen LogP contribution in [0.5, 0.6) is 0 Å². The zero-order valence-electron chi connectivity index (χ0n) is 14.8.